The lowest BCUT2D eigenvalue weighted by molar-refractivity contribution is -0.145. The van der Waals surface area contributed by atoms with Crippen molar-refractivity contribution < 1.29 is 19.1 Å². The number of hydrogen-bond donors (Lipinski definition) is 0. The Morgan fingerprint density at radius 2 is 0.590 bits per heavy atom. The molecule has 0 rings (SSSR count). The minimum Gasteiger partial charge on any atom is -0.466 e. The number of unbranched alkanes of at least 4 members (excludes halogenated alkanes) is 20. The first-order chi connectivity index (χ1) is 18.9. The molecule has 0 aliphatic rings. The smallest absolute Gasteiger partial charge is 0.305 e. The normalized spacial score (nSPS) is 11.4. The molecule has 0 spiro atoms. The third-order valence-corrected chi connectivity index (χ3v) is 7.68. The van der Waals surface area contributed by atoms with Crippen LogP contribution in [0.15, 0.2) is 0 Å². The summed E-state index contributed by atoms with van der Waals surface area (Å²) in [6.07, 6.45) is 30.7. The Kier molecular flexibility index (Phi) is 29.1. The van der Waals surface area contributed by atoms with E-state index in [1.807, 2.05) is 0 Å². The number of hydrogen-bond acceptors (Lipinski definition) is 4. The number of carbonyl (C=O) groups excluding carboxylic acids is 2. The fourth-order valence-corrected chi connectivity index (χ4v) is 4.86. The highest BCUT2D eigenvalue weighted by atomic mass is 16.5. The van der Waals surface area contributed by atoms with Gasteiger partial charge in [0.15, 0.2) is 0 Å². The first-order valence-electron chi connectivity index (χ1n) is 17.2. The van der Waals surface area contributed by atoms with E-state index in [1.165, 1.54) is 109 Å². The fraction of sp³-hybridized carbons (Fsp3) is 0.943. The molecule has 0 aromatic heterocycles. The summed E-state index contributed by atoms with van der Waals surface area (Å²) < 4.78 is 10.5. The minimum atomic E-state index is -0.0111. The molecule has 0 N–H and O–H groups in total. The van der Waals surface area contributed by atoms with E-state index >= 15 is 0 Å². The second-order valence-electron chi connectivity index (χ2n) is 12.7. The number of carbonyl (C=O) groups is 2. The number of ether oxygens (including phenoxy) is 2. The molecule has 0 atom stereocenters. The van der Waals surface area contributed by atoms with Gasteiger partial charge in [-0.05, 0) is 37.5 Å². The van der Waals surface area contributed by atoms with E-state index in [2.05, 4.69) is 27.7 Å². The molecule has 39 heavy (non-hydrogen) atoms. The van der Waals surface area contributed by atoms with E-state index in [4.69, 9.17) is 9.47 Å². The minimum absolute atomic E-state index is 0.0111. The molecular formula is C35H68O4. The quantitative estimate of drug-likeness (QED) is 0.0656. The number of rotatable bonds is 30. The van der Waals surface area contributed by atoms with Crippen LogP contribution in [0.25, 0.3) is 0 Å². The van der Waals surface area contributed by atoms with Crippen molar-refractivity contribution in [3.05, 3.63) is 0 Å². The third kappa shape index (κ3) is 33.0. The Morgan fingerprint density at radius 1 is 0.385 bits per heavy atom. The lowest BCUT2D eigenvalue weighted by Crippen LogP contribution is -2.07. The summed E-state index contributed by atoms with van der Waals surface area (Å²) in [5.74, 6) is 1.18. The van der Waals surface area contributed by atoms with Gasteiger partial charge in [-0.3, -0.25) is 9.59 Å². The average Bonchev–Trinajstić information content (AvgIpc) is 2.88. The molecule has 0 amide bonds. The van der Waals surface area contributed by atoms with Gasteiger partial charge in [0.1, 0.15) is 0 Å². The molecule has 0 aromatic rings. The van der Waals surface area contributed by atoms with Gasteiger partial charge >= 0.3 is 11.9 Å². The standard InChI is InChI=1S/C35H68O4/c1-32(2)28-30-38-34(36)26-24-22-20-18-16-14-12-10-8-6-5-7-9-11-13-15-17-19-21-23-25-27-35(37)39-31-29-33(3)4/h32-33H,5-31H2,1-4H3. The van der Waals surface area contributed by atoms with Gasteiger partial charge in [-0.2, -0.15) is 0 Å². The van der Waals surface area contributed by atoms with Gasteiger partial charge in [0.05, 0.1) is 13.2 Å². The van der Waals surface area contributed by atoms with Gasteiger partial charge in [-0.15, -0.1) is 0 Å². The van der Waals surface area contributed by atoms with Crippen LogP contribution >= 0.6 is 0 Å². The summed E-state index contributed by atoms with van der Waals surface area (Å²) in [5, 5.41) is 0. The predicted octanol–water partition coefficient (Wildman–Crippen LogP) is 11.1. The van der Waals surface area contributed by atoms with Crippen molar-refractivity contribution in [1.82, 2.24) is 0 Å². The average molecular weight is 553 g/mol. The molecule has 0 fully saturated rings. The molecule has 0 radical (unpaired) electrons. The van der Waals surface area contributed by atoms with Crippen LogP contribution in [0.1, 0.15) is 188 Å². The Balaban J connectivity index is 3.15. The lowest BCUT2D eigenvalue weighted by atomic mass is 10.0. The molecule has 0 aliphatic carbocycles. The maximum absolute atomic E-state index is 11.6. The summed E-state index contributed by atoms with van der Waals surface area (Å²) in [6, 6.07) is 0. The molecule has 0 aromatic carbocycles. The molecule has 0 saturated carbocycles. The van der Waals surface area contributed by atoms with Crippen LogP contribution < -0.4 is 0 Å². The van der Waals surface area contributed by atoms with Crippen molar-refractivity contribution in [3.8, 4) is 0 Å². The SMILES string of the molecule is CC(C)CCOC(=O)CCCCCCCCCCCCCCCCCCCCCCCC(=O)OCCC(C)C. The largest absolute Gasteiger partial charge is 0.466 e. The summed E-state index contributed by atoms with van der Waals surface area (Å²) in [4.78, 5) is 23.3. The van der Waals surface area contributed by atoms with E-state index < -0.39 is 0 Å². The Bertz CT molecular complexity index is 483. The molecule has 4 nitrogen and oxygen atoms in total. The van der Waals surface area contributed by atoms with Gasteiger partial charge < -0.3 is 9.47 Å². The van der Waals surface area contributed by atoms with E-state index in [-0.39, 0.29) is 11.9 Å². The summed E-state index contributed by atoms with van der Waals surface area (Å²) in [7, 11) is 0. The molecule has 0 unspecified atom stereocenters. The lowest BCUT2D eigenvalue weighted by Gasteiger charge is -2.07. The van der Waals surface area contributed by atoms with Crippen molar-refractivity contribution in [2.75, 3.05) is 13.2 Å². The van der Waals surface area contributed by atoms with Crippen molar-refractivity contribution in [3.63, 3.8) is 0 Å². The topological polar surface area (TPSA) is 52.6 Å². The third-order valence-electron chi connectivity index (χ3n) is 7.68. The zero-order chi connectivity index (χ0) is 28.8. The van der Waals surface area contributed by atoms with Gasteiger partial charge in [0.2, 0.25) is 0 Å². The van der Waals surface area contributed by atoms with E-state index in [9.17, 15) is 9.59 Å². The molecule has 0 bridgehead atoms. The summed E-state index contributed by atoms with van der Waals surface area (Å²) >= 11 is 0. The van der Waals surface area contributed by atoms with Crippen LogP contribution in [-0.2, 0) is 19.1 Å². The van der Waals surface area contributed by atoms with E-state index in [1.54, 1.807) is 0 Å². The maximum Gasteiger partial charge on any atom is 0.305 e. The summed E-state index contributed by atoms with van der Waals surface area (Å²) in [6.45, 7) is 9.79. The summed E-state index contributed by atoms with van der Waals surface area (Å²) in [5.41, 5.74) is 0. The second-order valence-corrected chi connectivity index (χ2v) is 12.7. The molecule has 0 aliphatic heterocycles. The van der Waals surface area contributed by atoms with Crippen LogP contribution in [0.5, 0.6) is 0 Å². The van der Waals surface area contributed by atoms with Crippen LogP contribution in [0, 0.1) is 11.8 Å². The molecule has 232 valence electrons. The Hall–Kier alpha value is -1.06. The Morgan fingerprint density at radius 3 is 0.795 bits per heavy atom. The zero-order valence-electron chi connectivity index (χ0n) is 26.9. The van der Waals surface area contributed by atoms with Crippen LogP contribution in [0.4, 0.5) is 0 Å². The van der Waals surface area contributed by atoms with E-state index in [0.29, 0.717) is 37.9 Å². The second kappa shape index (κ2) is 29.9. The molecule has 0 saturated heterocycles. The molecule has 4 heteroatoms. The van der Waals surface area contributed by atoms with Gasteiger partial charge in [-0.25, -0.2) is 0 Å². The Labute approximate surface area is 244 Å². The monoisotopic (exact) mass is 553 g/mol. The highest BCUT2D eigenvalue weighted by Crippen LogP contribution is 2.16. The van der Waals surface area contributed by atoms with Crippen molar-refractivity contribution in [2.45, 2.75) is 188 Å². The van der Waals surface area contributed by atoms with Crippen LogP contribution in [0.2, 0.25) is 0 Å². The van der Waals surface area contributed by atoms with Crippen molar-refractivity contribution >= 4 is 11.9 Å². The molecular weight excluding hydrogens is 484 g/mol. The van der Waals surface area contributed by atoms with Crippen molar-refractivity contribution in [2.24, 2.45) is 11.8 Å². The van der Waals surface area contributed by atoms with E-state index in [0.717, 1.165) is 38.5 Å². The van der Waals surface area contributed by atoms with Gasteiger partial charge in [-0.1, -0.05) is 150 Å². The first-order valence-corrected chi connectivity index (χ1v) is 17.2. The predicted molar refractivity (Wildman–Crippen MR) is 167 cm³/mol. The van der Waals surface area contributed by atoms with Gasteiger partial charge in [0, 0.05) is 12.8 Å². The van der Waals surface area contributed by atoms with Crippen LogP contribution in [-0.4, -0.2) is 25.2 Å². The zero-order valence-corrected chi connectivity index (χ0v) is 26.9. The fourth-order valence-electron chi connectivity index (χ4n) is 4.86. The maximum atomic E-state index is 11.6. The number of esters is 2. The highest BCUT2D eigenvalue weighted by Gasteiger charge is 2.04. The highest BCUT2D eigenvalue weighted by molar-refractivity contribution is 5.69. The van der Waals surface area contributed by atoms with Crippen LogP contribution in [0.3, 0.4) is 0 Å². The van der Waals surface area contributed by atoms with Crippen molar-refractivity contribution in [1.29, 1.82) is 0 Å². The molecule has 0 heterocycles. The first kappa shape index (κ1) is 37.9. The van der Waals surface area contributed by atoms with Gasteiger partial charge in [0.25, 0.3) is 0 Å².